The van der Waals surface area contributed by atoms with E-state index in [1.807, 2.05) is 24.5 Å². The summed E-state index contributed by atoms with van der Waals surface area (Å²) >= 11 is 11.0. The second kappa shape index (κ2) is 7.81. The maximum atomic E-state index is 12.6. The third kappa shape index (κ3) is 3.68. The number of aromatic carboxylic acids is 1. The molecule has 0 saturated carbocycles. The number of aromatic nitrogens is 1. The fourth-order valence-electron chi connectivity index (χ4n) is 3.28. The van der Waals surface area contributed by atoms with Crippen molar-refractivity contribution in [1.82, 2.24) is 14.8 Å². The number of benzene rings is 1. The molecule has 2 heterocycles. The standard InChI is InChI=1S/C20H18ClN3O4S/c1-4-23-18(26)15(17(25)22-20(23)29)8-12-7-10(2)24(11(12)3)13-5-6-16(21)14(9-13)19(27)28/h5-9H,4H2,1-3H3,(H,27,28)(H,22,25,29)/b15-8-. The van der Waals surface area contributed by atoms with Crippen molar-refractivity contribution < 1.29 is 19.5 Å². The van der Waals surface area contributed by atoms with Crippen LogP contribution in [0, 0.1) is 13.8 Å². The lowest BCUT2D eigenvalue weighted by Crippen LogP contribution is -2.53. The van der Waals surface area contributed by atoms with Gasteiger partial charge in [-0.1, -0.05) is 11.6 Å². The molecule has 7 nitrogen and oxygen atoms in total. The van der Waals surface area contributed by atoms with Crippen molar-refractivity contribution in [3.05, 3.63) is 57.4 Å². The highest BCUT2D eigenvalue weighted by molar-refractivity contribution is 7.80. The monoisotopic (exact) mass is 431 g/mol. The Bertz CT molecular complexity index is 1100. The number of rotatable bonds is 4. The number of likely N-dealkylation sites (N-methyl/N-ethyl adjacent to an activating group) is 1. The highest BCUT2D eigenvalue weighted by Crippen LogP contribution is 2.27. The van der Waals surface area contributed by atoms with Crippen LogP contribution in [0.4, 0.5) is 0 Å². The van der Waals surface area contributed by atoms with E-state index in [9.17, 15) is 19.5 Å². The lowest BCUT2D eigenvalue weighted by molar-refractivity contribution is -0.128. The number of halogens is 1. The largest absolute Gasteiger partial charge is 0.478 e. The SMILES string of the molecule is CCN1C(=O)/C(=C\c2cc(C)n(-c3ccc(Cl)c(C(=O)O)c3)c2C)C(=O)NC1=S. The molecule has 0 radical (unpaired) electrons. The first-order valence-electron chi connectivity index (χ1n) is 8.76. The molecule has 2 N–H and O–H groups in total. The van der Waals surface area contributed by atoms with Gasteiger partial charge in [-0.2, -0.15) is 0 Å². The smallest absolute Gasteiger partial charge is 0.337 e. The number of nitrogens with one attached hydrogen (secondary N) is 1. The van der Waals surface area contributed by atoms with Crippen molar-refractivity contribution in [2.24, 2.45) is 0 Å². The molecule has 0 aliphatic carbocycles. The van der Waals surface area contributed by atoms with E-state index in [1.165, 1.54) is 23.1 Å². The minimum absolute atomic E-state index is 0.00879. The van der Waals surface area contributed by atoms with Crippen LogP contribution >= 0.6 is 23.8 Å². The minimum Gasteiger partial charge on any atom is -0.478 e. The highest BCUT2D eigenvalue weighted by atomic mass is 35.5. The van der Waals surface area contributed by atoms with Crippen LogP contribution in [0.3, 0.4) is 0 Å². The van der Waals surface area contributed by atoms with Gasteiger partial charge in [0.2, 0.25) is 0 Å². The Labute approximate surface area is 177 Å². The van der Waals surface area contributed by atoms with Crippen LogP contribution in [0.5, 0.6) is 0 Å². The lowest BCUT2D eigenvalue weighted by atomic mass is 10.1. The summed E-state index contributed by atoms with van der Waals surface area (Å²) in [5.41, 5.74) is 2.80. The van der Waals surface area contributed by atoms with E-state index in [4.69, 9.17) is 23.8 Å². The summed E-state index contributed by atoms with van der Waals surface area (Å²) in [7, 11) is 0. The highest BCUT2D eigenvalue weighted by Gasteiger charge is 2.32. The number of amides is 2. The fraction of sp³-hybridized carbons (Fsp3) is 0.200. The molecule has 0 unspecified atom stereocenters. The number of nitrogens with zero attached hydrogens (tertiary/aromatic N) is 2. The van der Waals surface area contributed by atoms with E-state index in [-0.39, 0.29) is 21.3 Å². The van der Waals surface area contributed by atoms with E-state index < -0.39 is 17.8 Å². The van der Waals surface area contributed by atoms with Crippen LogP contribution < -0.4 is 5.32 Å². The number of hydrogen-bond donors (Lipinski definition) is 2. The Morgan fingerprint density at radius 2 is 1.97 bits per heavy atom. The predicted molar refractivity (Wildman–Crippen MR) is 113 cm³/mol. The minimum atomic E-state index is -1.12. The van der Waals surface area contributed by atoms with Crippen molar-refractivity contribution >= 4 is 52.8 Å². The molecule has 150 valence electrons. The number of carboxylic acid groups (broad SMARTS) is 1. The summed E-state index contributed by atoms with van der Waals surface area (Å²) in [6.45, 7) is 5.78. The third-order valence-electron chi connectivity index (χ3n) is 4.71. The number of aryl methyl sites for hydroxylation is 1. The molecule has 1 aromatic heterocycles. The van der Waals surface area contributed by atoms with Crippen molar-refractivity contribution in [1.29, 1.82) is 0 Å². The molecule has 1 saturated heterocycles. The Balaban J connectivity index is 2.09. The van der Waals surface area contributed by atoms with Crippen molar-refractivity contribution in [3.63, 3.8) is 0 Å². The molecule has 3 rings (SSSR count). The number of thiocarbonyl (C=S) groups is 1. The van der Waals surface area contributed by atoms with Crippen LogP contribution in [-0.4, -0.2) is 44.0 Å². The first-order chi connectivity index (χ1) is 13.6. The molecule has 1 aliphatic rings. The maximum absolute atomic E-state index is 12.6. The van der Waals surface area contributed by atoms with Crippen molar-refractivity contribution in [3.8, 4) is 5.69 Å². The topological polar surface area (TPSA) is 91.6 Å². The quantitative estimate of drug-likeness (QED) is 0.441. The molecular weight excluding hydrogens is 414 g/mol. The van der Waals surface area contributed by atoms with Gasteiger partial charge < -0.3 is 9.67 Å². The van der Waals surface area contributed by atoms with Gasteiger partial charge in [-0.25, -0.2) is 4.79 Å². The first-order valence-corrected chi connectivity index (χ1v) is 9.55. The molecule has 1 aliphatic heterocycles. The fourth-order valence-corrected chi connectivity index (χ4v) is 3.79. The number of carbonyl (C=O) groups is 3. The first kappa shape index (κ1) is 20.8. The van der Waals surface area contributed by atoms with E-state index in [2.05, 4.69) is 5.32 Å². The number of carbonyl (C=O) groups excluding carboxylic acids is 2. The van der Waals surface area contributed by atoms with Crippen LogP contribution in [0.25, 0.3) is 11.8 Å². The van der Waals surface area contributed by atoms with Crippen LogP contribution in [0.15, 0.2) is 29.8 Å². The molecule has 2 amide bonds. The lowest BCUT2D eigenvalue weighted by Gasteiger charge is -2.27. The average Bonchev–Trinajstić information content (AvgIpc) is 2.92. The Morgan fingerprint density at radius 3 is 2.59 bits per heavy atom. The number of hydrogen-bond acceptors (Lipinski definition) is 4. The average molecular weight is 432 g/mol. The normalized spacial score (nSPS) is 15.8. The van der Waals surface area contributed by atoms with Gasteiger partial charge >= 0.3 is 5.97 Å². The van der Waals surface area contributed by atoms with Crippen molar-refractivity contribution in [2.75, 3.05) is 6.54 Å². The van der Waals surface area contributed by atoms with E-state index in [0.29, 0.717) is 17.8 Å². The Morgan fingerprint density at radius 1 is 1.28 bits per heavy atom. The van der Waals surface area contributed by atoms with Crippen molar-refractivity contribution in [2.45, 2.75) is 20.8 Å². The summed E-state index contributed by atoms with van der Waals surface area (Å²) < 4.78 is 1.84. The summed E-state index contributed by atoms with van der Waals surface area (Å²) in [6, 6.07) is 6.54. The van der Waals surface area contributed by atoms with Gasteiger partial charge in [-0.05, 0) is 68.9 Å². The molecule has 0 spiro atoms. The van der Waals surface area contributed by atoms with E-state index >= 15 is 0 Å². The molecule has 29 heavy (non-hydrogen) atoms. The van der Waals surface area contributed by atoms with Crippen LogP contribution in [0.2, 0.25) is 5.02 Å². The molecule has 0 bridgehead atoms. The van der Waals surface area contributed by atoms with Gasteiger partial charge in [0.15, 0.2) is 5.11 Å². The Kier molecular flexibility index (Phi) is 5.59. The molecule has 1 fully saturated rings. The summed E-state index contributed by atoms with van der Waals surface area (Å²) in [6.07, 6.45) is 1.52. The van der Waals surface area contributed by atoms with Gasteiger partial charge in [0, 0.05) is 23.6 Å². The second-order valence-corrected chi connectivity index (χ2v) is 7.29. The maximum Gasteiger partial charge on any atom is 0.337 e. The van der Waals surface area contributed by atoms with Gasteiger partial charge in [-0.3, -0.25) is 19.8 Å². The van der Waals surface area contributed by atoms with Crippen LogP contribution in [-0.2, 0) is 9.59 Å². The van der Waals surface area contributed by atoms with Gasteiger partial charge in [0.05, 0.1) is 10.6 Å². The predicted octanol–water partition coefficient (Wildman–Crippen LogP) is 3.09. The summed E-state index contributed by atoms with van der Waals surface area (Å²) in [4.78, 5) is 37.7. The summed E-state index contributed by atoms with van der Waals surface area (Å²) in [5.74, 6) is -2.12. The van der Waals surface area contributed by atoms with E-state index in [1.54, 1.807) is 13.0 Å². The molecule has 2 aromatic rings. The zero-order valence-electron chi connectivity index (χ0n) is 15.9. The van der Waals surface area contributed by atoms with Gasteiger partial charge in [-0.15, -0.1) is 0 Å². The summed E-state index contributed by atoms with van der Waals surface area (Å²) in [5, 5.41) is 12.1. The van der Waals surface area contributed by atoms with Crippen LogP contribution in [0.1, 0.15) is 34.2 Å². The number of carboxylic acids is 1. The molecule has 1 aromatic carbocycles. The van der Waals surface area contributed by atoms with Gasteiger partial charge in [0.25, 0.3) is 11.8 Å². The molecule has 0 atom stereocenters. The zero-order valence-corrected chi connectivity index (χ0v) is 17.5. The van der Waals surface area contributed by atoms with E-state index in [0.717, 1.165) is 11.4 Å². The second-order valence-electron chi connectivity index (χ2n) is 6.50. The van der Waals surface area contributed by atoms with Gasteiger partial charge in [0.1, 0.15) is 5.57 Å². The molecular formula is C20H18ClN3O4S. The molecule has 9 heteroatoms. The third-order valence-corrected chi connectivity index (χ3v) is 5.36. The zero-order chi connectivity index (χ0) is 21.5. The Hall–Kier alpha value is -2.97.